The van der Waals surface area contributed by atoms with Crippen LogP contribution in [0.3, 0.4) is 0 Å². The third kappa shape index (κ3) is 4.53. The summed E-state index contributed by atoms with van der Waals surface area (Å²) in [5, 5.41) is 15.3. The van der Waals surface area contributed by atoms with Gasteiger partial charge in [0.1, 0.15) is 11.8 Å². The Hall–Kier alpha value is -2.26. The molecule has 3 heterocycles. The number of carbonyl (C=O) groups excluding carboxylic acids is 3. The monoisotopic (exact) mass is 503 g/mol. The molecule has 0 aliphatic carbocycles. The number of hydrogen-bond donors (Lipinski definition) is 3. The third-order valence-corrected chi connectivity index (χ3v) is 9.46. The highest BCUT2D eigenvalue weighted by Crippen LogP contribution is 2.71. The van der Waals surface area contributed by atoms with E-state index in [0.29, 0.717) is 31.7 Å². The molecule has 1 spiro atoms. The Morgan fingerprint density at radius 2 is 1.91 bits per heavy atom. The zero-order valence-electron chi connectivity index (χ0n) is 21.0. The molecule has 3 saturated heterocycles. The minimum Gasteiger partial charge on any atom is -0.494 e. The van der Waals surface area contributed by atoms with Crippen LogP contribution in [0.25, 0.3) is 0 Å². The molecule has 0 aromatic heterocycles. The zero-order valence-corrected chi connectivity index (χ0v) is 21.8. The number of likely N-dealkylation sites (tertiary alicyclic amines) is 1. The Kier molecular flexibility index (Phi) is 7.38. The summed E-state index contributed by atoms with van der Waals surface area (Å²) < 4.78 is 4.45. The van der Waals surface area contributed by atoms with Crippen molar-refractivity contribution in [2.75, 3.05) is 25.1 Å². The maximum Gasteiger partial charge on any atom is 0.244 e. The van der Waals surface area contributed by atoms with E-state index in [4.69, 9.17) is 4.74 Å². The van der Waals surface area contributed by atoms with Crippen molar-refractivity contribution in [2.45, 2.75) is 75.0 Å². The summed E-state index contributed by atoms with van der Waals surface area (Å²) in [5.41, 5.74) is 0.656. The van der Waals surface area contributed by atoms with Crippen LogP contribution in [-0.4, -0.2) is 69.1 Å². The van der Waals surface area contributed by atoms with E-state index < -0.39 is 27.4 Å². The van der Waals surface area contributed by atoms with Crippen molar-refractivity contribution < 1.29 is 24.2 Å². The van der Waals surface area contributed by atoms with Gasteiger partial charge in [-0.2, -0.15) is 0 Å². The molecule has 3 amide bonds. The van der Waals surface area contributed by atoms with Crippen molar-refractivity contribution in [3.05, 3.63) is 24.3 Å². The summed E-state index contributed by atoms with van der Waals surface area (Å²) in [7, 11) is 0. The van der Waals surface area contributed by atoms with Gasteiger partial charge in [0.05, 0.1) is 23.2 Å². The molecule has 9 heteroatoms. The molecule has 2 bridgehead atoms. The summed E-state index contributed by atoms with van der Waals surface area (Å²) in [6, 6.07) is 6.57. The number of aliphatic hydroxyl groups excluding tert-OH is 1. The lowest BCUT2D eigenvalue weighted by atomic mass is 9.66. The van der Waals surface area contributed by atoms with E-state index in [1.165, 1.54) is 0 Å². The number of nitrogens with one attached hydrogen (secondary N) is 2. The molecule has 3 aliphatic rings. The fourth-order valence-corrected chi connectivity index (χ4v) is 8.50. The highest BCUT2D eigenvalue weighted by atomic mass is 32.2. The van der Waals surface area contributed by atoms with Crippen LogP contribution in [-0.2, 0) is 14.4 Å². The Morgan fingerprint density at radius 1 is 1.20 bits per heavy atom. The van der Waals surface area contributed by atoms with Gasteiger partial charge in [0.15, 0.2) is 0 Å². The molecule has 3 N–H and O–H groups in total. The van der Waals surface area contributed by atoms with Crippen molar-refractivity contribution in [1.82, 2.24) is 10.2 Å². The first-order valence-electron chi connectivity index (χ1n) is 12.6. The Balaban J connectivity index is 1.63. The molecule has 192 valence electrons. The molecule has 5 atom stereocenters. The molecular weight excluding hydrogens is 466 g/mol. The summed E-state index contributed by atoms with van der Waals surface area (Å²) in [4.78, 5) is 42.7. The number of rotatable bonds is 10. The average Bonchev–Trinajstić information content (AvgIpc) is 3.36. The molecule has 8 nitrogen and oxygen atoms in total. The third-order valence-electron chi connectivity index (χ3n) is 7.48. The van der Waals surface area contributed by atoms with Crippen LogP contribution in [0.4, 0.5) is 5.69 Å². The number of unbranched alkanes of at least 4 members (excludes halogenated alkanes) is 1. The van der Waals surface area contributed by atoms with Gasteiger partial charge in [0.2, 0.25) is 17.7 Å². The fraction of sp³-hybridized carbons (Fsp3) is 0.654. The van der Waals surface area contributed by atoms with E-state index in [1.807, 2.05) is 32.9 Å². The van der Waals surface area contributed by atoms with Gasteiger partial charge in [-0.1, -0.05) is 0 Å². The van der Waals surface area contributed by atoms with Crippen molar-refractivity contribution >= 4 is 35.2 Å². The Labute approximate surface area is 211 Å². The second-order valence-corrected chi connectivity index (χ2v) is 12.2. The van der Waals surface area contributed by atoms with Gasteiger partial charge >= 0.3 is 0 Å². The molecule has 2 unspecified atom stereocenters. The first-order valence-corrected chi connectivity index (χ1v) is 13.4. The number of aliphatic hydroxyl groups is 1. The molecule has 3 fully saturated rings. The summed E-state index contributed by atoms with van der Waals surface area (Å²) in [6.45, 7) is 8.81. The van der Waals surface area contributed by atoms with Crippen LogP contribution < -0.4 is 15.4 Å². The second-order valence-electron chi connectivity index (χ2n) is 10.3. The zero-order chi connectivity index (χ0) is 25.4. The molecular formula is C26H37N3O5S. The normalized spacial score (nSPS) is 31.1. The number of hydrogen-bond acceptors (Lipinski definition) is 6. The van der Waals surface area contributed by atoms with Crippen LogP contribution in [0.5, 0.6) is 5.75 Å². The van der Waals surface area contributed by atoms with Crippen LogP contribution in [0, 0.1) is 11.8 Å². The first kappa shape index (κ1) is 25.8. The van der Waals surface area contributed by atoms with E-state index >= 15 is 0 Å². The average molecular weight is 504 g/mol. The van der Waals surface area contributed by atoms with E-state index in [0.717, 1.165) is 18.6 Å². The number of thioether (sulfide) groups is 1. The summed E-state index contributed by atoms with van der Waals surface area (Å²) in [5.74, 6) is -0.790. The second kappa shape index (κ2) is 10.0. The quantitative estimate of drug-likeness (QED) is 0.424. The first-order chi connectivity index (χ1) is 16.7. The minimum absolute atomic E-state index is 0.0411. The lowest BCUT2D eigenvalue weighted by Crippen LogP contribution is -2.54. The SMILES string of the molecule is CCOc1ccc(NC(=O)[C@@H]2[C@H]3C(=O)N(CCCCO)C(C(=O)NC(C)C)C34CC[C@@]2(C)S4)cc1. The van der Waals surface area contributed by atoms with Crippen molar-refractivity contribution in [2.24, 2.45) is 11.8 Å². The molecule has 3 aliphatic heterocycles. The van der Waals surface area contributed by atoms with Gasteiger partial charge in [-0.15, -0.1) is 11.8 Å². The fourth-order valence-electron chi connectivity index (χ4n) is 6.15. The van der Waals surface area contributed by atoms with E-state index in [1.54, 1.807) is 28.8 Å². The molecule has 0 radical (unpaired) electrons. The molecule has 1 aromatic rings. The van der Waals surface area contributed by atoms with Crippen LogP contribution >= 0.6 is 11.8 Å². The largest absolute Gasteiger partial charge is 0.494 e. The lowest BCUT2D eigenvalue weighted by molar-refractivity contribution is -0.139. The van der Waals surface area contributed by atoms with E-state index in [2.05, 4.69) is 17.6 Å². The van der Waals surface area contributed by atoms with Gasteiger partial charge in [0, 0.05) is 29.6 Å². The molecule has 1 aromatic carbocycles. The number of anilines is 1. The lowest BCUT2D eigenvalue weighted by Gasteiger charge is -2.35. The van der Waals surface area contributed by atoms with Crippen molar-refractivity contribution in [3.8, 4) is 5.75 Å². The minimum atomic E-state index is -0.620. The van der Waals surface area contributed by atoms with E-state index in [-0.39, 0.29) is 30.4 Å². The number of fused-ring (bicyclic) bond motifs is 1. The highest BCUT2D eigenvalue weighted by molar-refractivity contribution is 8.02. The predicted molar refractivity (Wildman–Crippen MR) is 136 cm³/mol. The van der Waals surface area contributed by atoms with Crippen LogP contribution in [0.15, 0.2) is 24.3 Å². The van der Waals surface area contributed by atoms with Gasteiger partial charge in [-0.25, -0.2) is 0 Å². The standard InChI is InChI=1S/C26H37N3O5S/c1-5-34-18-10-8-17(9-11-18)28-22(31)19-20-24(33)29(14-6-7-15-30)21(23(32)27-16(2)3)26(20)13-12-25(19,4)35-26/h8-11,16,19-21,30H,5-7,12-15H2,1-4H3,(H,27,32)(H,28,31)/t19-,20-,21?,25+,26?/m0/s1. The number of benzene rings is 1. The maximum absolute atomic E-state index is 13.9. The number of carbonyl (C=O) groups is 3. The number of ether oxygens (including phenoxy) is 1. The van der Waals surface area contributed by atoms with Crippen LogP contribution in [0.1, 0.15) is 53.4 Å². The van der Waals surface area contributed by atoms with Crippen molar-refractivity contribution in [3.63, 3.8) is 0 Å². The molecule has 4 rings (SSSR count). The Bertz CT molecular complexity index is 970. The number of nitrogens with zero attached hydrogens (tertiary/aromatic N) is 1. The summed E-state index contributed by atoms with van der Waals surface area (Å²) >= 11 is 1.66. The van der Waals surface area contributed by atoms with E-state index in [9.17, 15) is 19.5 Å². The molecule has 35 heavy (non-hydrogen) atoms. The summed E-state index contributed by atoms with van der Waals surface area (Å²) in [6.07, 6.45) is 2.68. The van der Waals surface area contributed by atoms with Gasteiger partial charge in [-0.3, -0.25) is 14.4 Å². The smallest absolute Gasteiger partial charge is 0.244 e. The highest BCUT2D eigenvalue weighted by Gasteiger charge is 2.77. The predicted octanol–water partition coefficient (Wildman–Crippen LogP) is 2.80. The maximum atomic E-state index is 13.9. The van der Waals surface area contributed by atoms with Crippen LogP contribution in [0.2, 0.25) is 0 Å². The van der Waals surface area contributed by atoms with Gasteiger partial charge < -0.3 is 25.4 Å². The van der Waals surface area contributed by atoms with Gasteiger partial charge in [0.25, 0.3) is 0 Å². The number of amides is 3. The Morgan fingerprint density at radius 3 is 2.54 bits per heavy atom. The van der Waals surface area contributed by atoms with Crippen molar-refractivity contribution in [1.29, 1.82) is 0 Å². The van der Waals surface area contributed by atoms with Gasteiger partial charge in [-0.05, 0) is 77.6 Å². The molecule has 0 saturated carbocycles. The topological polar surface area (TPSA) is 108 Å².